The number of nitrogens with one attached hydrogen (secondary N) is 1. The molecule has 1 atom stereocenters. The molecule has 3 rings (SSSR count). The third kappa shape index (κ3) is 3.79. The quantitative estimate of drug-likeness (QED) is 0.852. The largest absolute Gasteiger partial charge is 0.486 e. The molecule has 0 unspecified atom stereocenters. The second-order valence-corrected chi connectivity index (χ2v) is 6.14. The van der Waals surface area contributed by atoms with E-state index in [-0.39, 0.29) is 0 Å². The van der Waals surface area contributed by atoms with Crippen molar-refractivity contribution < 1.29 is 23.8 Å². The van der Waals surface area contributed by atoms with Crippen LogP contribution in [0.1, 0.15) is 28.4 Å². The number of esters is 1. The first-order valence-corrected chi connectivity index (χ1v) is 8.43. The number of carbonyl (C=O) groups excluding carboxylic acids is 2. The zero-order valence-electron chi connectivity index (χ0n) is 15.0. The number of hydrogen-bond acceptors (Lipinski definition) is 5. The molecule has 1 N–H and O–H groups in total. The number of amides is 1. The maximum atomic E-state index is 12.3. The van der Waals surface area contributed by atoms with E-state index < -0.39 is 18.0 Å². The van der Waals surface area contributed by atoms with Crippen molar-refractivity contribution in [3.05, 3.63) is 53.1 Å². The van der Waals surface area contributed by atoms with Crippen molar-refractivity contribution in [2.45, 2.75) is 26.9 Å². The number of hydrogen-bond donors (Lipinski definition) is 1. The van der Waals surface area contributed by atoms with Crippen LogP contribution in [0.15, 0.2) is 36.4 Å². The lowest BCUT2D eigenvalue weighted by atomic mass is 10.0. The summed E-state index contributed by atoms with van der Waals surface area (Å²) in [5.41, 5.74) is 2.85. The lowest BCUT2D eigenvalue weighted by Crippen LogP contribution is -2.30. The van der Waals surface area contributed by atoms with Crippen molar-refractivity contribution in [1.82, 2.24) is 0 Å². The molecule has 6 nitrogen and oxygen atoms in total. The van der Waals surface area contributed by atoms with Gasteiger partial charge in [-0.05, 0) is 50.1 Å². The smallest absolute Gasteiger partial charge is 0.339 e. The van der Waals surface area contributed by atoms with Gasteiger partial charge in [-0.15, -0.1) is 0 Å². The summed E-state index contributed by atoms with van der Waals surface area (Å²) in [6.45, 7) is 6.28. The van der Waals surface area contributed by atoms with Crippen molar-refractivity contribution >= 4 is 17.6 Å². The van der Waals surface area contributed by atoms with Crippen LogP contribution in [0, 0.1) is 13.8 Å². The second kappa shape index (κ2) is 7.47. The van der Waals surface area contributed by atoms with E-state index in [1.807, 2.05) is 19.9 Å². The Morgan fingerprint density at radius 1 is 1.08 bits per heavy atom. The van der Waals surface area contributed by atoms with E-state index in [0.717, 1.165) is 11.1 Å². The summed E-state index contributed by atoms with van der Waals surface area (Å²) in [6.07, 6.45) is -0.935. The molecular formula is C20H21NO5. The molecule has 2 aromatic rings. The van der Waals surface area contributed by atoms with E-state index in [9.17, 15) is 9.59 Å². The fourth-order valence-corrected chi connectivity index (χ4v) is 2.61. The van der Waals surface area contributed by atoms with E-state index in [4.69, 9.17) is 14.2 Å². The fraction of sp³-hybridized carbons (Fsp3) is 0.300. The van der Waals surface area contributed by atoms with Gasteiger partial charge in [-0.1, -0.05) is 12.1 Å². The zero-order chi connectivity index (χ0) is 18.7. The Morgan fingerprint density at radius 2 is 1.81 bits per heavy atom. The highest BCUT2D eigenvalue weighted by Crippen LogP contribution is 2.32. The lowest BCUT2D eigenvalue weighted by Gasteiger charge is -2.19. The van der Waals surface area contributed by atoms with Gasteiger partial charge in [0.15, 0.2) is 17.6 Å². The van der Waals surface area contributed by atoms with E-state index in [1.54, 1.807) is 30.3 Å². The van der Waals surface area contributed by atoms with Gasteiger partial charge in [-0.3, -0.25) is 4.79 Å². The van der Waals surface area contributed by atoms with Crippen molar-refractivity contribution in [3.63, 3.8) is 0 Å². The van der Waals surface area contributed by atoms with Gasteiger partial charge >= 0.3 is 5.97 Å². The minimum absolute atomic E-state index is 0.416. The summed E-state index contributed by atoms with van der Waals surface area (Å²) in [6, 6.07) is 10.5. The molecule has 0 aliphatic carbocycles. The Morgan fingerprint density at radius 3 is 2.58 bits per heavy atom. The van der Waals surface area contributed by atoms with Crippen LogP contribution in [0.25, 0.3) is 0 Å². The van der Waals surface area contributed by atoms with E-state index in [0.29, 0.717) is 36.0 Å². The Labute approximate surface area is 152 Å². The minimum Gasteiger partial charge on any atom is -0.486 e. The maximum absolute atomic E-state index is 12.3. The number of rotatable bonds is 4. The van der Waals surface area contributed by atoms with Gasteiger partial charge in [0, 0.05) is 11.8 Å². The van der Waals surface area contributed by atoms with Gasteiger partial charge in [0.25, 0.3) is 5.91 Å². The number of carbonyl (C=O) groups is 2. The Bertz CT molecular complexity index is 846. The standard InChI is InChI=1S/C20H21NO5/c1-12-5-4-6-16(13(12)2)20(23)26-14(3)19(22)21-15-7-8-17-18(11-15)25-10-9-24-17/h4-8,11,14H,9-10H2,1-3H3,(H,21,22)/t14-/m0/s1. The van der Waals surface area contributed by atoms with Crippen LogP contribution in [0.5, 0.6) is 11.5 Å². The molecule has 0 bridgehead atoms. The fourth-order valence-electron chi connectivity index (χ4n) is 2.61. The molecule has 1 amide bonds. The van der Waals surface area contributed by atoms with Gasteiger partial charge in [0.1, 0.15) is 13.2 Å². The van der Waals surface area contributed by atoms with E-state index >= 15 is 0 Å². The normalized spacial score (nSPS) is 13.7. The van der Waals surface area contributed by atoms with Gasteiger partial charge in [-0.25, -0.2) is 4.79 Å². The molecular weight excluding hydrogens is 334 g/mol. The maximum Gasteiger partial charge on any atom is 0.339 e. The van der Waals surface area contributed by atoms with Crippen molar-refractivity contribution in [3.8, 4) is 11.5 Å². The first-order chi connectivity index (χ1) is 12.5. The van der Waals surface area contributed by atoms with Crippen molar-refractivity contribution in [1.29, 1.82) is 0 Å². The SMILES string of the molecule is Cc1cccc(C(=O)O[C@@H](C)C(=O)Nc2ccc3c(c2)OCCO3)c1C. The number of ether oxygens (including phenoxy) is 3. The van der Waals surface area contributed by atoms with Crippen LogP contribution in [0.4, 0.5) is 5.69 Å². The summed E-state index contributed by atoms with van der Waals surface area (Å²) < 4.78 is 16.2. The molecule has 0 radical (unpaired) electrons. The molecule has 0 aromatic heterocycles. The Hall–Kier alpha value is -3.02. The Balaban J connectivity index is 1.64. The molecule has 26 heavy (non-hydrogen) atoms. The Kier molecular flexibility index (Phi) is 5.11. The number of fused-ring (bicyclic) bond motifs is 1. The summed E-state index contributed by atoms with van der Waals surface area (Å²) in [4.78, 5) is 24.7. The predicted molar refractivity (Wildman–Crippen MR) is 96.9 cm³/mol. The van der Waals surface area contributed by atoms with Crippen LogP contribution in [-0.4, -0.2) is 31.2 Å². The number of benzene rings is 2. The topological polar surface area (TPSA) is 73.9 Å². The number of anilines is 1. The summed E-state index contributed by atoms with van der Waals surface area (Å²) in [5, 5.41) is 2.72. The second-order valence-electron chi connectivity index (χ2n) is 6.14. The first kappa shape index (κ1) is 17.8. The third-order valence-electron chi connectivity index (χ3n) is 4.29. The van der Waals surface area contributed by atoms with Crippen molar-refractivity contribution in [2.24, 2.45) is 0 Å². The molecule has 1 aliphatic heterocycles. The highest BCUT2D eigenvalue weighted by molar-refractivity contribution is 5.98. The highest BCUT2D eigenvalue weighted by Gasteiger charge is 2.21. The summed E-state index contributed by atoms with van der Waals surface area (Å²) in [7, 11) is 0. The average molecular weight is 355 g/mol. The van der Waals surface area contributed by atoms with Crippen molar-refractivity contribution in [2.75, 3.05) is 18.5 Å². The number of aryl methyl sites for hydroxylation is 1. The molecule has 0 saturated carbocycles. The molecule has 1 heterocycles. The minimum atomic E-state index is -0.935. The van der Waals surface area contributed by atoms with Crippen LogP contribution in [0.2, 0.25) is 0 Å². The van der Waals surface area contributed by atoms with Crippen LogP contribution < -0.4 is 14.8 Å². The molecule has 2 aromatic carbocycles. The van der Waals surface area contributed by atoms with E-state index in [2.05, 4.69) is 5.32 Å². The third-order valence-corrected chi connectivity index (χ3v) is 4.29. The summed E-state index contributed by atoms with van der Waals surface area (Å²) in [5.74, 6) is 0.286. The van der Waals surface area contributed by atoms with Gasteiger partial charge in [-0.2, -0.15) is 0 Å². The average Bonchev–Trinajstić information content (AvgIpc) is 2.63. The van der Waals surface area contributed by atoms with Gasteiger partial charge < -0.3 is 19.5 Å². The highest BCUT2D eigenvalue weighted by atomic mass is 16.6. The van der Waals surface area contributed by atoms with Crippen LogP contribution in [0.3, 0.4) is 0 Å². The van der Waals surface area contributed by atoms with Gasteiger partial charge in [0.05, 0.1) is 5.56 Å². The molecule has 136 valence electrons. The predicted octanol–water partition coefficient (Wildman–Crippen LogP) is 3.26. The molecule has 0 saturated heterocycles. The molecule has 6 heteroatoms. The monoisotopic (exact) mass is 355 g/mol. The molecule has 1 aliphatic rings. The van der Waals surface area contributed by atoms with Crippen LogP contribution >= 0.6 is 0 Å². The summed E-state index contributed by atoms with van der Waals surface area (Å²) >= 11 is 0. The zero-order valence-corrected chi connectivity index (χ0v) is 15.0. The van der Waals surface area contributed by atoms with E-state index in [1.165, 1.54) is 6.92 Å². The molecule has 0 fully saturated rings. The van der Waals surface area contributed by atoms with Crippen LogP contribution in [-0.2, 0) is 9.53 Å². The van der Waals surface area contributed by atoms with Gasteiger partial charge in [0.2, 0.25) is 0 Å². The lowest BCUT2D eigenvalue weighted by molar-refractivity contribution is -0.123. The first-order valence-electron chi connectivity index (χ1n) is 8.43. The molecule has 0 spiro atoms.